The van der Waals surface area contributed by atoms with Gasteiger partial charge in [0.2, 0.25) is 5.91 Å². The van der Waals surface area contributed by atoms with Gasteiger partial charge >= 0.3 is 0 Å². The van der Waals surface area contributed by atoms with Crippen molar-refractivity contribution in [3.63, 3.8) is 0 Å². The van der Waals surface area contributed by atoms with Gasteiger partial charge in [0.25, 0.3) is 5.91 Å². The summed E-state index contributed by atoms with van der Waals surface area (Å²) in [4.78, 5) is 31.4. The number of hydrogen-bond donors (Lipinski definition) is 1. The summed E-state index contributed by atoms with van der Waals surface area (Å²) in [6.45, 7) is 0. The number of para-hydroxylation sites is 1. The molecule has 5 rings (SSSR count). The summed E-state index contributed by atoms with van der Waals surface area (Å²) in [7, 11) is 0. The van der Waals surface area contributed by atoms with Gasteiger partial charge in [0.15, 0.2) is 4.34 Å². The lowest BCUT2D eigenvalue weighted by Crippen LogP contribution is -2.45. The lowest BCUT2D eigenvalue weighted by molar-refractivity contribution is -0.137. The molecule has 3 aromatic carbocycles. The molecule has 1 atom stereocenters. The number of carbonyl (C=O) groups excluding carboxylic acids is 2. The van der Waals surface area contributed by atoms with Crippen molar-refractivity contribution in [2.75, 3.05) is 5.75 Å². The summed E-state index contributed by atoms with van der Waals surface area (Å²) >= 11 is 11.2. The first-order valence-electron chi connectivity index (χ1n) is 10.5. The topological polar surface area (TPSA) is 62.3 Å². The van der Waals surface area contributed by atoms with Gasteiger partial charge in [-0.2, -0.15) is 0 Å². The molecule has 1 saturated heterocycles. The fourth-order valence-corrected chi connectivity index (χ4v) is 7.00. The molecular formula is C25H17Br2N3O2S3. The van der Waals surface area contributed by atoms with Gasteiger partial charge in [-0.25, -0.2) is 9.99 Å². The van der Waals surface area contributed by atoms with Gasteiger partial charge in [0.05, 0.1) is 20.9 Å². The molecule has 176 valence electrons. The van der Waals surface area contributed by atoms with Crippen LogP contribution in [-0.2, 0) is 9.59 Å². The molecule has 4 aromatic rings. The largest absolute Gasteiger partial charge is 0.280 e. The molecular weight excluding hydrogens is 630 g/mol. The summed E-state index contributed by atoms with van der Waals surface area (Å²) in [5.41, 5.74) is 5.60. The van der Waals surface area contributed by atoms with E-state index < -0.39 is 0 Å². The fourth-order valence-electron chi connectivity index (χ4n) is 3.42. The van der Waals surface area contributed by atoms with Crippen molar-refractivity contribution < 1.29 is 9.59 Å². The Morgan fingerprint density at radius 2 is 1.71 bits per heavy atom. The Balaban J connectivity index is 1.34. The average molecular weight is 647 g/mol. The second kappa shape index (κ2) is 10.9. The van der Waals surface area contributed by atoms with E-state index in [1.165, 1.54) is 28.5 Å². The van der Waals surface area contributed by atoms with Crippen LogP contribution in [0, 0.1) is 0 Å². The van der Waals surface area contributed by atoms with E-state index >= 15 is 0 Å². The number of carbonyl (C=O) groups is 2. The average Bonchev–Trinajstić information content (AvgIpc) is 3.41. The number of benzene rings is 3. The number of aromatic nitrogens is 1. The monoisotopic (exact) mass is 645 g/mol. The van der Waals surface area contributed by atoms with Crippen LogP contribution in [0.25, 0.3) is 16.3 Å². The fraction of sp³-hybridized carbons (Fsp3) is 0.0800. The van der Waals surface area contributed by atoms with Crippen molar-refractivity contribution in [3.8, 4) is 0 Å². The van der Waals surface area contributed by atoms with Crippen LogP contribution in [0.4, 0.5) is 0 Å². The highest BCUT2D eigenvalue weighted by molar-refractivity contribution is 9.10. The molecule has 0 aliphatic carbocycles. The molecule has 0 saturated carbocycles. The van der Waals surface area contributed by atoms with Gasteiger partial charge < -0.3 is 0 Å². The van der Waals surface area contributed by atoms with Crippen LogP contribution in [0.15, 0.2) is 91.0 Å². The van der Waals surface area contributed by atoms with Gasteiger partial charge in [-0.05, 0) is 53.6 Å². The molecule has 0 spiro atoms. The van der Waals surface area contributed by atoms with E-state index in [0.29, 0.717) is 4.91 Å². The zero-order chi connectivity index (χ0) is 24.4. The Kier molecular flexibility index (Phi) is 7.64. The minimum absolute atomic E-state index is 0.160. The minimum atomic E-state index is -0.367. The molecule has 1 fully saturated rings. The summed E-state index contributed by atoms with van der Waals surface area (Å²) in [6, 6.07) is 23.4. The second-order valence-corrected chi connectivity index (χ2v) is 12.7. The van der Waals surface area contributed by atoms with Crippen LogP contribution in [-0.4, -0.2) is 27.6 Å². The molecule has 5 nitrogen and oxygen atoms in total. The Hall–Kier alpha value is -2.11. The summed E-state index contributed by atoms with van der Waals surface area (Å²) in [6.07, 6.45) is 1.85. The van der Waals surface area contributed by atoms with Crippen LogP contribution in [0.2, 0.25) is 0 Å². The zero-order valence-corrected chi connectivity index (χ0v) is 23.6. The molecule has 1 unspecified atom stereocenters. The van der Waals surface area contributed by atoms with Crippen molar-refractivity contribution in [2.45, 2.75) is 9.71 Å². The van der Waals surface area contributed by atoms with Gasteiger partial charge in [-0.3, -0.25) is 15.0 Å². The number of rotatable bonds is 6. The summed E-state index contributed by atoms with van der Waals surface area (Å²) in [5.74, 6) is -0.327. The maximum Gasteiger partial charge on any atom is 0.280 e. The van der Waals surface area contributed by atoms with Crippen molar-refractivity contribution >= 4 is 94.8 Å². The van der Waals surface area contributed by atoms with E-state index in [0.717, 1.165) is 34.6 Å². The highest BCUT2D eigenvalue weighted by Gasteiger charge is 2.38. The number of nitrogens with zero attached hydrogens (tertiary/aromatic N) is 2. The van der Waals surface area contributed by atoms with E-state index in [-0.39, 0.29) is 22.9 Å². The first kappa shape index (κ1) is 24.6. The number of hydrazine groups is 1. The molecule has 1 aliphatic heterocycles. The lowest BCUT2D eigenvalue weighted by atomic mass is 10.2. The van der Waals surface area contributed by atoms with Gasteiger partial charge in [0, 0.05) is 8.95 Å². The van der Waals surface area contributed by atoms with Crippen LogP contribution >= 0.6 is 66.7 Å². The number of hydrogen-bond acceptors (Lipinski definition) is 6. The maximum atomic E-state index is 13.3. The van der Waals surface area contributed by atoms with E-state index in [4.69, 9.17) is 0 Å². The highest BCUT2D eigenvalue weighted by Crippen LogP contribution is 2.45. The molecule has 1 aliphatic rings. The Morgan fingerprint density at radius 1 is 1.03 bits per heavy atom. The van der Waals surface area contributed by atoms with Crippen LogP contribution < -0.4 is 5.43 Å². The van der Waals surface area contributed by atoms with Crippen molar-refractivity contribution in [2.24, 2.45) is 0 Å². The number of nitrogens with one attached hydrogen (secondary N) is 1. The van der Waals surface area contributed by atoms with E-state index in [2.05, 4.69) is 42.3 Å². The van der Waals surface area contributed by atoms with Crippen LogP contribution in [0.5, 0.6) is 0 Å². The van der Waals surface area contributed by atoms with E-state index in [1.807, 2.05) is 78.9 Å². The smallest absolute Gasteiger partial charge is 0.272 e. The molecule has 35 heavy (non-hydrogen) atoms. The normalized spacial score (nSPS) is 16.9. The third kappa shape index (κ3) is 5.83. The number of thiazole rings is 1. The molecule has 2 amide bonds. The molecule has 1 aromatic heterocycles. The third-order valence-electron chi connectivity index (χ3n) is 5.07. The van der Waals surface area contributed by atoms with Crippen LogP contribution in [0.1, 0.15) is 16.5 Å². The summed E-state index contributed by atoms with van der Waals surface area (Å²) in [5, 5.41) is 1.06. The standard InChI is InChI=1S/C25H17Br2N3O2S3/c26-17-9-5-15(6-10-17)13-21-23(32)30(24(34-21)16-7-11-18(27)12-8-16)29-22(31)14-33-25-28-19-3-1-2-4-20(19)35-25/h1-13,24H,14H2,(H,29,31)/b21-13-. The number of fused-ring (bicyclic) bond motifs is 1. The number of halogens is 2. The summed E-state index contributed by atoms with van der Waals surface area (Å²) < 4.78 is 3.82. The molecule has 10 heteroatoms. The van der Waals surface area contributed by atoms with Crippen molar-refractivity contribution in [3.05, 3.63) is 97.8 Å². The van der Waals surface area contributed by atoms with Crippen molar-refractivity contribution in [1.82, 2.24) is 15.4 Å². The lowest BCUT2D eigenvalue weighted by Gasteiger charge is -2.24. The Bertz CT molecular complexity index is 1390. The van der Waals surface area contributed by atoms with Gasteiger partial charge in [-0.1, -0.05) is 91.8 Å². The predicted octanol–water partition coefficient (Wildman–Crippen LogP) is 7.26. The Morgan fingerprint density at radius 3 is 2.43 bits per heavy atom. The molecule has 0 bridgehead atoms. The number of amides is 2. The second-order valence-electron chi connectivity index (χ2n) is 7.53. The molecule has 2 heterocycles. The van der Waals surface area contributed by atoms with E-state index in [9.17, 15) is 9.59 Å². The van der Waals surface area contributed by atoms with Gasteiger partial charge in [0.1, 0.15) is 5.37 Å². The molecule has 0 radical (unpaired) electrons. The van der Waals surface area contributed by atoms with Crippen molar-refractivity contribution in [1.29, 1.82) is 0 Å². The predicted molar refractivity (Wildman–Crippen MR) is 152 cm³/mol. The van der Waals surface area contributed by atoms with Gasteiger partial charge in [-0.15, -0.1) is 11.3 Å². The first-order valence-corrected chi connectivity index (χ1v) is 14.7. The SMILES string of the molecule is O=C(CSc1nc2ccccc2s1)NN1C(=O)/C(=C/c2ccc(Br)cc2)SC1c1ccc(Br)cc1. The maximum absolute atomic E-state index is 13.3. The first-order chi connectivity index (χ1) is 17.0. The quantitative estimate of drug-likeness (QED) is 0.176. The minimum Gasteiger partial charge on any atom is -0.272 e. The highest BCUT2D eigenvalue weighted by atomic mass is 79.9. The molecule has 1 N–H and O–H groups in total. The number of thioether (sulfide) groups is 2. The zero-order valence-electron chi connectivity index (χ0n) is 18.0. The third-order valence-corrected chi connectivity index (χ3v) is 9.56. The van der Waals surface area contributed by atoms with Crippen LogP contribution in [0.3, 0.4) is 0 Å². The Labute approximate surface area is 231 Å². The van der Waals surface area contributed by atoms with E-state index in [1.54, 1.807) is 11.3 Å².